The monoisotopic (exact) mass is 565 g/mol. The number of hydrogen-bond acceptors (Lipinski definition) is 5. The molecule has 2 amide bonds. The lowest BCUT2D eigenvalue weighted by Gasteiger charge is -2.31. The number of carbonyl (C=O) groups is 2. The fourth-order valence-corrected chi connectivity index (χ4v) is 6.36. The van der Waals surface area contributed by atoms with Crippen LogP contribution in [-0.4, -0.2) is 65.2 Å². The SMILES string of the molecule is CCN(CC)C(=O)c1c(C(F)(F)F)nn2ccc(C3CCN(S(=O)(=O)c4ccc(NC(C)=O)cc4)CC3)cc12. The molecule has 3 heterocycles. The lowest BCUT2D eigenvalue weighted by molar-refractivity contribution is -0.141. The molecule has 0 atom stereocenters. The summed E-state index contributed by atoms with van der Waals surface area (Å²) in [5.74, 6) is -1.10. The average molecular weight is 566 g/mol. The minimum absolute atomic E-state index is 0.0750. The van der Waals surface area contributed by atoms with Gasteiger partial charge in [-0.15, -0.1) is 0 Å². The first-order valence-electron chi connectivity index (χ1n) is 12.6. The van der Waals surface area contributed by atoms with E-state index in [0.29, 0.717) is 18.5 Å². The zero-order valence-electron chi connectivity index (χ0n) is 21.8. The first-order chi connectivity index (χ1) is 18.4. The number of benzene rings is 1. The molecule has 2 aromatic heterocycles. The van der Waals surface area contributed by atoms with Gasteiger partial charge < -0.3 is 10.2 Å². The zero-order chi connectivity index (χ0) is 28.5. The van der Waals surface area contributed by atoms with Crippen LogP contribution in [-0.2, 0) is 21.0 Å². The summed E-state index contributed by atoms with van der Waals surface area (Å²) in [6.07, 6.45) is -2.47. The summed E-state index contributed by atoms with van der Waals surface area (Å²) in [5, 5.41) is 6.27. The molecule has 0 bridgehead atoms. The predicted molar refractivity (Wildman–Crippen MR) is 139 cm³/mol. The van der Waals surface area contributed by atoms with Crippen LogP contribution < -0.4 is 5.32 Å². The van der Waals surface area contributed by atoms with Crippen molar-refractivity contribution in [1.82, 2.24) is 18.8 Å². The van der Waals surface area contributed by atoms with Crippen LogP contribution in [0.1, 0.15) is 61.1 Å². The quantitative estimate of drug-likeness (QED) is 0.459. The van der Waals surface area contributed by atoms with Gasteiger partial charge in [-0.05, 0) is 74.6 Å². The molecule has 3 aromatic rings. The molecule has 1 fully saturated rings. The zero-order valence-corrected chi connectivity index (χ0v) is 22.6. The molecule has 1 aromatic carbocycles. The number of halogens is 3. The van der Waals surface area contributed by atoms with E-state index < -0.39 is 33.4 Å². The van der Waals surface area contributed by atoms with Crippen LogP contribution in [0.3, 0.4) is 0 Å². The average Bonchev–Trinajstić information content (AvgIpc) is 3.29. The van der Waals surface area contributed by atoms with Crippen molar-refractivity contribution in [3.8, 4) is 0 Å². The fraction of sp³-hybridized carbons (Fsp3) is 0.423. The Morgan fingerprint density at radius 3 is 2.23 bits per heavy atom. The van der Waals surface area contributed by atoms with E-state index in [1.54, 1.807) is 26.0 Å². The number of amides is 2. The van der Waals surface area contributed by atoms with E-state index in [9.17, 15) is 31.2 Å². The largest absolute Gasteiger partial charge is 0.436 e. The highest BCUT2D eigenvalue weighted by molar-refractivity contribution is 7.89. The molecule has 13 heteroatoms. The number of nitrogens with one attached hydrogen (secondary N) is 1. The first kappa shape index (κ1) is 28.6. The number of carbonyl (C=O) groups excluding carboxylic acids is 2. The Labute approximate surface area is 224 Å². The maximum Gasteiger partial charge on any atom is 0.436 e. The third kappa shape index (κ3) is 5.78. The van der Waals surface area contributed by atoms with E-state index in [2.05, 4.69) is 10.4 Å². The van der Waals surface area contributed by atoms with E-state index in [1.165, 1.54) is 46.6 Å². The van der Waals surface area contributed by atoms with Gasteiger partial charge in [-0.3, -0.25) is 9.59 Å². The van der Waals surface area contributed by atoms with Gasteiger partial charge in [0.15, 0.2) is 5.69 Å². The Bertz CT molecular complexity index is 1470. The van der Waals surface area contributed by atoms with Crippen molar-refractivity contribution in [1.29, 1.82) is 0 Å². The molecule has 1 aliphatic heterocycles. The molecule has 0 saturated carbocycles. The highest BCUT2D eigenvalue weighted by atomic mass is 32.2. The molecule has 4 rings (SSSR count). The van der Waals surface area contributed by atoms with Crippen molar-refractivity contribution in [2.75, 3.05) is 31.5 Å². The number of piperidine rings is 1. The highest BCUT2D eigenvalue weighted by Gasteiger charge is 2.41. The highest BCUT2D eigenvalue weighted by Crippen LogP contribution is 2.36. The van der Waals surface area contributed by atoms with Crippen molar-refractivity contribution in [2.24, 2.45) is 0 Å². The van der Waals surface area contributed by atoms with Gasteiger partial charge in [-0.25, -0.2) is 12.9 Å². The number of fused-ring (bicyclic) bond motifs is 1. The second-order valence-corrected chi connectivity index (χ2v) is 11.3. The Balaban J connectivity index is 1.57. The Hall–Kier alpha value is -3.45. The molecule has 210 valence electrons. The second kappa shape index (κ2) is 11.0. The molecule has 1 N–H and O–H groups in total. The van der Waals surface area contributed by atoms with Crippen molar-refractivity contribution < 1.29 is 31.2 Å². The van der Waals surface area contributed by atoms with E-state index in [-0.39, 0.29) is 48.4 Å². The third-order valence-corrected chi connectivity index (χ3v) is 8.84. The predicted octanol–water partition coefficient (Wildman–Crippen LogP) is 4.36. The molecular formula is C26H30F3N5O4S. The Morgan fingerprint density at radius 1 is 1.08 bits per heavy atom. The number of pyridine rings is 1. The Morgan fingerprint density at radius 2 is 1.69 bits per heavy atom. The Kier molecular flexibility index (Phi) is 8.03. The van der Waals surface area contributed by atoms with E-state index in [0.717, 1.165) is 10.1 Å². The number of hydrogen-bond donors (Lipinski definition) is 1. The number of nitrogens with zero attached hydrogens (tertiary/aromatic N) is 4. The summed E-state index contributed by atoms with van der Waals surface area (Å²) in [7, 11) is -3.76. The fourth-order valence-electron chi connectivity index (χ4n) is 4.89. The summed E-state index contributed by atoms with van der Waals surface area (Å²) < 4.78 is 70.2. The van der Waals surface area contributed by atoms with Gasteiger partial charge in [0.05, 0.1) is 16.0 Å². The molecule has 1 aliphatic rings. The van der Waals surface area contributed by atoms with Crippen molar-refractivity contribution >= 4 is 33.0 Å². The molecule has 0 radical (unpaired) electrons. The van der Waals surface area contributed by atoms with Crippen molar-refractivity contribution in [3.63, 3.8) is 0 Å². The van der Waals surface area contributed by atoms with Gasteiger partial charge in [-0.1, -0.05) is 0 Å². The van der Waals surface area contributed by atoms with E-state index in [4.69, 9.17) is 0 Å². The molecule has 0 unspecified atom stereocenters. The van der Waals surface area contributed by atoms with Crippen LogP contribution in [0.5, 0.6) is 0 Å². The van der Waals surface area contributed by atoms with Crippen LogP contribution >= 0.6 is 0 Å². The minimum atomic E-state index is -4.80. The van der Waals surface area contributed by atoms with Crippen molar-refractivity contribution in [2.45, 2.75) is 50.6 Å². The first-order valence-corrected chi connectivity index (χ1v) is 14.1. The van der Waals surface area contributed by atoms with E-state index in [1.807, 2.05) is 0 Å². The maximum atomic E-state index is 13.8. The number of anilines is 1. The lowest BCUT2D eigenvalue weighted by Crippen LogP contribution is -2.37. The second-order valence-electron chi connectivity index (χ2n) is 9.37. The number of alkyl halides is 3. The van der Waals surface area contributed by atoms with Gasteiger partial charge in [-0.2, -0.15) is 22.6 Å². The van der Waals surface area contributed by atoms with E-state index >= 15 is 0 Å². The van der Waals surface area contributed by atoms with Gasteiger partial charge in [0.2, 0.25) is 15.9 Å². The normalized spacial score (nSPS) is 15.4. The molecule has 9 nitrogen and oxygen atoms in total. The van der Waals surface area contributed by atoms with Crippen molar-refractivity contribution in [3.05, 3.63) is 59.4 Å². The van der Waals surface area contributed by atoms with Crippen LogP contribution in [0.2, 0.25) is 0 Å². The topological polar surface area (TPSA) is 104 Å². The summed E-state index contributed by atoms with van der Waals surface area (Å²) >= 11 is 0. The van der Waals surface area contributed by atoms with Gasteiger partial charge in [0, 0.05) is 45.0 Å². The summed E-state index contributed by atoms with van der Waals surface area (Å²) in [6, 6.07) is 9.15. The standard InChI is InChI=1S/C26H30F3N5O4S/c1-4-32(5-2)25(36)23-22-16-19(12-15-34(22)31-24(23)26(27,28)29)18-10-13-33(14-11-18)39(37,38)21-8-6-20(7-9-21)30-17(3)35/h6-9,12,15-16,18H,4-5,10-11,13-14H2,1-3H3,(H,30,35). The molecule has 1 saturated heterocycles. The van der Waals surface area contributed by atoms with Crippen LogP contribution in [0.25, 0.3) is 5.52 Å². The molecular weight excluding hydrogens is 535 g/mol. The third-order valence-electron chi connectivity index (χ3n) is 6.93. The molecule has 39 heavy (non-hydrogen) atoms. The number of aromatic nitrogens is 2. The summed E-state index contributed by atoms with van der Waals surface area (Å²) in [6.45, 7) is 5.72. The summed E-state index contributed by atoms with van der Waals surface area (Å²) in [5.41, 5.74) is -0.409. The number of sulfonamides is 1. The maximum absolute atomic E-state index is 13.8. The van der Waals surface area contributed by atoms with Gasteiger partial charge in [0.25, 0.3) is 5.91 Å². The smallest absolute Gasteiger partial charge is 0.339 e. The lowest BCUT2D eigenvalue weighted by atomic mass is 9.90. The van der Waals surface area contributed by atoms with Crippen LogP contribution in [0.4, 0.5) is 18.9 Å². The van der Waals surface area contributed by atoms with Crippen LogP contribution in [0.15, 0.2) is 47.5 Å². The summed E-state index contributed by atoms with van der Waals surface area (Å²) in [4.78, 5) is 25.7. The number of rotatable bonds is 7. The molecule has 0 aliphatic carbocycles. The minimum Gasteiger partial charge on any atom is -0.339 e. The van der Waals surface area contributed by atoms with Gasteiger partial charge in [0.1, 0.15) is 0 Å². The van der Waals surface area contributed by atoms with Gasteiger partial charge >= 0.3 is 6.18 Å². The molecule has 0 spiro atoms. The van der Waals surface area contributed by atoms with Crippen LogP contribution in [0, 0.1) is 0 Å².